The normalized spacial score (nSPS) is 10.6. The summed E-state index contributed by atoms with van der Waals surface area (Å²) in [6, 6.07) is -0.904. The van der Waals surface area contributed by atoms with Gasteiger partial charge in [0.1, 0.15) is 0 Å². The number of aromatic nitrogens is 2. The average Bonchev–Trinajstić information content (AvgIpc) is 2.26. The van der Waals surface area contributed by atoms with Gasteiger partial charge in [0, 0.05) is 12.4 Å². The van der Waals surface area contributed by atoms with Gasteiger partial charge in [0.05, 0.1) is 6.54 Å². The molecule has 6 N–H and O–H groups in total. The third-order valence-electron chi connectivity index (χ3n) is 1.79. The second-order valence-corrected chi connectivity index (χ2v) is 2.97. The largest absolute Gasteiger partial charge is 0.350 e. The van der Waals surface area contributed by atoms with Gasteiger partial charge in [-0.2, -0.15) is 5.10 Å². The smallest absolute Gasteiger partial charge is 0.332 e. The van der Waals surface area contributed by atoms with E-state index < -0.39 is 28.2 Å². The number of carbonyl (C=O) groups excluding carboxylic acids is 1. The summed E-state index contributed by atoms with van der Waals surface area (Å²) >= 11 is 0. The van der Waals surface area contributed by atoms with Gasteiger partial charge in [0.2, 0.25) is 0 Å². The molecule has 18 heavy (non-hydrogen) atoms. The zero-order chi connectivity index (χ0) is 13.7. The van der Waals surface area contributed by atoms with Crippen molar-refractivity contribution in [1.82, 2.24) is 15.0 Å². The van der Waals surface area contributed by atoms with Crippen LogP contribution in [0.3, 0.4) is 0 Å². The van der Waals surface area contributed by atoms with E-state index in [1.807, 2.05) is 5.43 Å². The van der Waals surface area contributed by atoms with Crippen LogP contribution >= 0.6 is 0 Å². The van der Waals surface area contributed by atoms with Crippen molar-refractivity contribution in [3.63, 3.8) is 0 Å². The minimum atomic E-state index is -0.950. The SMILES string of the molecule is NC(=O)NN=CCn1c(=O)[nH]cc(N(O)O)c1=O. The second-order valence-electron chi connectivity index (χ2n) is 2.97. The molecule has 1 aromatic heterocycles. The van der Waals surface area contributed by atoms with E-state index in [2.05, 4.69) is 10.1 Å². The maximum atomic E-state index is 11.6. The van der Waals surface area contributed by atoms with Gasteiger partial charge in [-0.05, 0) is 0 Å². The van der Waals surface area contributed by atoms with Gasteiger partial charge in [-0.3, -0.25) is 19.8 Å². The molecule has 0 bridgehead atoms. The number of nitrogens with two attached hydrogens (primary N) is 1. The molecule has 0 aromatic carbocycles. The van der Waals surface area contributed by atoms with E-state index in [9.17, 15) is 14.4 Å². The van der Waals surface area contributed by atoms with Crippen molar-refractivity contribution in [3.8, 4) is 0 Å². The highest BCUT2D eigenvalue weighted by molar-refractivity contribution is 5.72. The molecule has 0 aliphatic carbocycles. The lowest BCUT2D eigenvalue weighted by molar-refractivity contribution is 0.0279. The average molecular weight is 258 g/mol. The molecule has 1 rings (SSSR count). The number of carbonyl (C=O) groups is 1. The summed E-state index contributed by atoms with van der Waals surface area (Å²) in [5, 5.41) is 20.3. The summed E-state index contributed by atoms with van der Waals surface area (Å²) in [6.45, 7) is -0.296. The van der Waals surface area contributed by atoms with Crippen LogP contribution in [-0.2, 0) is 6.54 Å². The summed E-state index contributed by atoms with van der Waals surface area (Å²) in [5.41, 5.74) is 4.30. The standard InChI is InChI=1S/C7H10N6O5/c8-6(15)11-10-1-2-12-5(14)4(13(17)18)3-9-7(12)16/h1,3,17-18H,2H2,(H,9,16)(H3,8,11,15). The van der Waals surface area contributed by atoms with Crippen molar-refractivity contribution in [2.24, 2.45) is 10.8 Å². The Bertz CT molecular complexity index is 572. The van der Waals surface area contributed by atoms with Gasteiger partial charge in [-0.1, -0.05) is 0 Å². The van der Waals surface area contributed by atoms with Crippen molar-refractivity contribution < 1.29 is 15.2 Å². The Balaban J connectivity index is 2.99. The van der Waals surface area contributed by atoms with E-state index in [0.717, 1.165) is 12.4 Å². The molecule has 11 heteroatoms. The fourth-order valence-corrected chi connectivity index (χ4v) is 1.04. The number of hydrogen-bond acceptors (Lipinski definition) is 7. The molecule has 0 unspecified atom stereocenters. The molecule has 11 nitrogen and oxygen atoms in total. The van der Waals surface area contributed by atoms with Gasteiger partial charge in [0.15, 0.2) is 5.69 Å². The van der Waals surface area contributed by atoms with Crippen LogP contribution in [0.1, 0.15) is 0 Å². The van der Waals surface area contributed by atoms with E-state index in [-0.39, 0.29) is 6.54 Å². The van der Waals surface area contributed by atoms with Crippen LogP contribution in [0.5, 0.6) is 0 Å². The van der Waals surface area contributed by atoms with E-state index in [1.54, 1.807) is 0 Å². The molecular formula is C7H10N6O5. The summed E-state index contributed by atoms with van der Waals surface area (Å²) < 4.78 is 0.626. The van der Waals surface area contributed by atoms with Crippen LogP contribution in [-0.4, -0.2) is 32.2 Å². The molecular weight excluding hydrogens is 248 g/mol. The Morgan fingerprint density at radius 2 is 2.28 bits per heavy atom. The number of hydrazone groups is 1. The predicted octanol–water partition coefficient (Wildman–Crippen LogP) is -2.22. The molecule has 0 radical (unpaired) electrons. The third kappa shape index (κ3) is 3.16. The number of nitrogens with zero attached hydrogens (tertiary/aromatic N) is 3. The first-order valence-corrected chi connectivity index (χ1v) is 4.51. The summed E-state index contributed by atoms with van der Waals surface area (Å²) in [7, 11) is 0. The monoisotopic (exact) mass is 258 g/mol. The summed E-state index contributed by atoms with van der Waals surface area (Å²) in [4.78, 5) is 35.3. The minimum absolute atomic E-state index is 0.296. The molecule has 0 atom stereocenters. The number of H-pyrrole nitrogens is 1. The number of urea groups is 1. The molecule has 1 aromatic rings. The lowest BCUT2D eigenvalue weighted by atomic mass is 10.5. The number of amides is 2. The number of primary amides is 1. The topological polar surface area (TPSA) is 166 Å². The lowest BCUT2D eigenvalue weighted by Gasteiger charge is -2.08. The molecule has 1 heterocycles. The molecule has 0 aliphatic rings. The molecule has 0 fully saturated rings. The number of hydrogen-bond donors (Lipinski definition) is 5. The molecule has 0 aliphatic heterocycles. The number of aromatic amines is 1. The van der Waals surface area contributed by atoms with Crippen molar-refractivity contribution >= 4 is 17.9 Å². The van der Waals surface area contributed by atoms with Gasteiger partial charge < -0.3 is 10.7 Å². The van der Waals surface area contributed by atoms with Crippen molar-refractivity contribution in [2.45, 2.75) is 6.54 Å². The Morgan fingerprint density at radius 1 is 1.61 bits per heavy atom. The van der Waals surface area contributed by atoms with E-state index >= 15 is 0 Å². The Labute approximate surface area is 98.7 Å². The first-order valence-electron chi connectivity index (χ1n) is 4.51. The molecule has 0 spiro atoms. The molecule has 2 amide bonds. The minimum Gasteiger partial charge on any atom is -0.350 e. The lowest BCUT2D eigenvalue weighted by Crippen LogP contribution is -2.38. The summed E-state index contributed by atoms with van der Waals surface area (Å²) in [6.07, 6.45) is 1.87. The zero-order valence-electron chi connectivity index (χ0n) is 8.90. The third-order valence-corrected chi connectivity index (χ3v) is 1.79. The van der Waals surface area contributed by atoms with Crippen molar-refractivity contribution in [2.75, 3.05) is 5.23 Å². The van der Waals surface area contributed by atoms with Crippen molar-refractivity contribution in [1.29, 1.82) is 0 Å². The number of nitrogens with one attached hydrogen (secondary N) is 2. The van der Waals surface area contributed by atoms with Gasteiger partial charge >= 0.3 is 11.7 Å². The van der Waals surface area contributed by atoms with Gasteiger partial charge in [-0.25, -0.2) is 15.0 Å². The quantitative estimate of drug-likeness (QED) is 0.303. The highest BCUT2D eigenvalue weighted by atomic mass is 16.8. The van der Waals surface area contributed by atoms with Crippen LogP contribution in [0.4, 0.5) is 10.5 Å². The maximum Gasteiger partial charge on any atom is 0.332 e. The van der Waals surface area contributed by atoms with E-state index in [4.69, 9.17) is 16.1 Å². The van der Waals surface area contributed by atoms with Crippen LogP contribution < -0.4 is 27.6 Å². The Morgan fingerprint density at radius 3 is 2.83 bits per heavy atom. The number of rotatable bonds is 4. The zero-order valence-corrected chi connectivity index (χ0v) is 8.90. The predicted molar refractivity (Wildman–Crippen MR) is 58.6 cm³/mol. The first kappa shape index (κ1) is 13.4. The fourth-order valence-electron chi connectivity index (χ4n) is 1.04. The van der Waals surface area contributed by atoms with Crippen LogP contribution in [0.2, 0.25) is 0 Å². The molecule has 0 saturated carbocycles. The van der Waals surface area contributed by atoms with Crippen LogP contribution in [0.15, 0.2) is 20.9 Å². The van der Waals surface area contributed by atoms with Gasteiger partial charge in [0.25, 0.3) is 5.56 Å². The Kier molecular flexibility index (Phi) is 4.17. The second kappa shape index (κ2) is 5.60. The van der Waals surface area contributed by atoms with Crippen LogP contribution in [0, 0.1) is 0 Å². The van der Waals surface area contributed by atoms with Crippen molar-refractivity contribution in [3.05, 3.63) is 27.0 Å². The summed E-state index contributed by atoms with van der Waals surface area (Å²) in [5.74, 6) is 0. The fraction of sp³-hybridized carbons (Fsp3) is 0.143. The molecule has 98 valence electrons. The van der Waals surface area contributed by atoms with E-state index in [1.165, 1.54) is 0 Å². The maximum absolute atomic E-state index is 11.6. The highest BCUT2D eigenvalue weighted by Crippen LogP contribution is 1.96. The van der Waals surface area contributed by atoms with Gasteiger partial charge in [-0.15, -0.1) is 5.23 Å². The molecule has 0 saturated heterocycles. The first-order chi connectivity index (χ1) is 8.43. The number of anilines is 1. The van der Waals surface area contributed by atoms with Crippen LogP contribution in [0.25, 0.3) is 0 Å². The Hall–Kier alpha value is -2.66. The van der Waals surface area contributed by atoms with E-state index in [0.29, 0.717) is 4.57 Å². The highest BCUT2D eigenvalue weighted by Gasteiger charge is 2.10.